The summed E-state index contributed by atoms with van der Waals surface area (Å²) in [4.78, 5) is 2.49. The van der Waals surface area contributed by atoms with E-state index in [1.807, 2.05) is 18.2 Å². The topological polar surface area (TPSA) is 29.3 Å². The number of halogens is 1. The first-order valence-corrected chi connectivity index (χ1v) is 7.20. The van der Waals surface area contributed by atoms with Crippen molar-refractivity contribution in [2.45, 2.75) is 33.2 Å². The van der Waals surface area contributed by atoms with E-state index in [1.165, 1.54) is 25.9 Å². The number of rotatable bonds is 3. The van der Waals surface area contributed by atoms with Crippen LogP contribution in [0.15, 0.2) is 18.2 Å². The van der Waals surface area contributed by atoms with Gasteiger partial charge in [-0.05, 0) is 61.5 Å². The first-order chi connectivity index (χ1) is 8.56. The number of likely N-dealkylation sites (tertiary alicyclic amines) is 1. The maximum Gasteiger partial charge on any atom is 0.0452 e. The summed E-state index contributed by atoms with van der Waals surface area (Å²) < 4.78 is 0. The van der Waals surface area contributed by atoms with Gasteiger partial charge in [0.15, 0.2) is 0 Å². The molecule has 1 fully saturated rings. The fraction of sp³-hybridized carbons (Fsp3) is 0.600. The molecule has 0 aromatic heterocycles. The van der Waals surface area contributed by atoms with Gasteiger partial charge in [0, 0.05) is 17.3 Å². The average Bonchev–Trinajstić information content (AvgIpc) is 2.34. The van der Waals surface area contributed by atoms with Crippen LogP contribution in [0.3, 0.4) is 0 Å². The Balaban J connectivity index is 1.93. The Hall–Kier alpha value is -0.730. The van der Waals surface area contributed by atoms with Gasteiger partial charge in [-0.2, -0.15) is 0 Å². The monoisotopic (exact) mass is 266 g/mol. The highest BCUT2D eigenvalue weighted by Crippen LogP contribution is 2.27. The molecule has 100 valence electrons. The van der Waals surface area contributed by atoms with Crippen molar-refractivity contribution in [1.29, 1.82) is 0 Å². The number of hydrogen-bond donors (Lipinski definition) is 1. The predicted octanol–water partition coefficient (Wildman–Crippen LogP) is 3.79. The van der Waals surface area contributed by atoms with Gasteiger partial charge in [0.05, 0.1) is 0 Å². The molecule has 0 unspecified atom stereocenters. The summed E-state index contributed by atoms with van der Waals surface area (Å²) in [6.45, 7) is 7.93. The first kappa shape index (κ1) is 13.7. The molecule has 1 aromatic carbocycles. The van der Waals surface area contributed by atoms with Crippen LogP contribution in [-0.4, -0.2) is 18.0 Å². The zero-order valence-electron chi connectivity index (χ0n) is 11.3. The molecule has 0 aliphatic carbocycles. The van der Waals surface area contributed by atoms with Crippen LogP contribution in [0.25, 0.3) is 0 Å². The summed E-state index contributed by atoms with van der Waals surface area (Å²) in [5.41, 5.74) is 7.77. The van der Waals surface area contributed by atoms with E-state index in [9.17, 15) is 0 Å². The van der Waals surface area contributed by atoms with Gasteiger partial charge in [-0.3, -0.25) is 4.90 Å². The van der Waals surface area contributed by atoms with Crippen molar-refractivity contribution in [2.24, 2.45) is 11.8 Å². The van der Waals surface area contributed by atoms with Gasteiger partial charge in [-0.25, -0.2) is 0 Å². The lowest BCUT2D eigenvalue weighted by molar-refractivity contribution is 0.152. The molecule has 3 heteroatoms. The fourth-order valence-corrected chi connectivity index (χ4v) is 2.91. The lowest BCUT2D eigenvalue weighted by Gasteiger charge is -2.34. The maximum atomic E-state index is 6.21. The molecular weight excluding hydrogens is 244 g/mol. The standard InChI is InChI=1S/C15H23ClN2/c1-11(2)12-5-7-18(8-6-12)10-13-9-14(17)3-4-15(13)16/h3-4,9,11-12H,5-8,10,17H2,1-2H3. The second-order valence-corrected chi connectivity index (χ2v) is 6.12. The number of piperidine rings is 1. The van der Waals surface area contributed by atoms with Crippen LogP contribution < -0.4 is 5.73 Å². The van der Waals surface area contributed by atoms with Gasteiger partial charge < -0.3 is 5.73 Å². The van der Waals surface area contributed by atoms with Crippen molar-refractivity contribution >= 4 is 17.3 Å². The summed E-state index contributed by atoms with van der Waals surface area (Å²) >= 11 is 6.21. The molecule has 18 heavy (non-hydrogen) atoms. The molecule has 1 saturated heterocycles. The van der Waals surface area contributed by atoms with E-state index in [4.69, 9.17) is 17.3 Å². The van der Waals surface area contributed by atoms with E-state index in [1.54, 1.807) is 0 Å². The Morgan fingerprint density at radius 2 is 2.00 bits per heavy atom. The highest BCUT2D eigenvalue weighted by molar-refractivity contribution is 6.31. The molecule has 2 nitrogen and oxygen atoms in total. The van der Waals surface area contributed by atoms with Gasteiger partial charge >= 0.3 is 0 Å². The summed E-state index contributed by atoms with van der Waals surface area (Å²) in [7, 11) is 0. The third kappa shape index (κ3) is 3.39. The van der Waals surface area contributed by atoms with Crippen molar-refractivity contribution in [2.75, 3.05) is 18.8 Å². The third-order valence-electron chi connectivity index (χ3n) is 4.04. The molecule has 0 bridgehead atoms. The minimum Gasteiger partial charge on any atom is -0.399 e. The summed E-state index contributed by atoms with van der Waals surface area (Å²) in [5.74, 6) is 1.70. The van der Waals surface area contributed by atoms with Gasteiger partial charge in [-0.15, -0.1) is 0 Å². The van der Waals surface area contributed by atoms with E-state index in [2.05, 4.69) is 18.7 Å². The lowest BCUT2D eigenvalue weighted by Crippen LogP contribution is -2.34. The van der Waals surface area contributed by atoms with Crippen molar-refractivity contribution in [1.82, 2.24) is 4.90 Å². The Kier molecular flexibility index (Phi) is 4.52. The smallest absolute Gasteiger partial charge is 0.0452 e. The Labute approximate surface area is 115 Å². The minimum absolute atomic E-state index is 0.798. The first-order valence-electron chi connectivity index (χ1n) is 6.82. The normalized spacial score (nSPS) is 18.4. The number of anilines is 1. The molecule has 0 amide bonds. The number of nitrogen functional groups attached to an aromatic ring is 1. The van der Waals surface area contributed by atoms with Crippen LogP contribution in [0, 0.1) is 11.8 Å². The average molecular weight is 267 g/mol. The Bertz CT molecular complexity index is 395. The second-order valence-electron chi connectivity index (χ2n) is 5.71. The summed E-state index contributed by atoms with van der Waals surface area (Å²) in [6.07, 6.45) is 2.61. The van der Waals surface area contributed by atoms with Gasteiger partial charge in [0.1, 0.15) is 0 Å². The Morgan fingerprint density at radius 1 is 1.33 bits per heavy atom. The molecule has 1 aliphatic heterocycles. The summed E-state index contributed by atoms with van der Waals surface area (Å²) in [5, 5.41) is 0.829. The molecule has 2 rings (SSSR count). The third-order valence-corrected chi connectivity index (χ3v) is 4.41. The lowest BCUT2D eigenvalue weighted by atomic mass is 9.86. The Morgan fingerprint density at radius 3 is 2.61 bits per heavy atom. The fourth-order valence-electron chi connectivity index (χ4n) is 2.73. The molecule has 0 spiro atoms. The van der Waals surface area contributed by atoms with E-state index in [-0.39, 0.29) is 0 Å². The van der Waals surface area contributed by atoms with Crippen LogP contribution in [0.5, 0.6) is 0 Å². The van der Waals surface area contributed by atoms with Crippen LogP contribution in [0.1, 0.15) is 32.3 Å². The van der Waals surface area contributed by atoms with Crippen molar-refractivity contribution in [3.05, 3.63) is 28.8 Å². The van der Waals surface area contributed by atoms with Gasteiger partial charge in [-0.1, -0.05) is 25.4 Å². The quantitative estimate of drug-likeness (QED) is 0.844. The number of nitrogens with two attached hydrogens (primary N) is 1. The minimum atomic E-state index is 0.798. The van der Waals surface area contributed by atoms with Gasteiger partial charge in [0.25, 0.3) is 0 Å². The van der Waals surface area contributed by atoms with E-state index in [0.717, 1.165) is 34.7 Å². The predicted molar refractivity (Wildman–Crippen MR) is 78.7 cm³/mol. The number of hydrogen-bond acceptors (Lipinski definition) is 2. The molecule has 1 heterocycles. The van der Waals surface area contributed by atoms with Crippen LogP contribution in [-0.2, 0) is 6.54 Å². The molecular formula is C15H23ClN2. The highest BCUT2D eigenvalue weighted by atomic mass is 35.5. The molecule has 0 saturated carbocycles. The van der Waals surface area contributed by atoms with E-state index in [0.29, 0.717) is 0 Å². The van der Waals surface area contributed by atoms with Crippen LogP contribution in [0.2, 0.25) is 5.02 Å². The SMILES string of the molecule is CC(C)C1CCN(Cc2cc(N)ccc2Cl)CC1. The van der Waals surface area contributed by atoms with Crippen molar-refractivity contribution in [3.63, 3.8) is 0 Å². The maximum absolute atomic E-state index is 6.21. The molecule has 1 aliphatic rings. The molecule has 0 radical (unpaired) electrons. The van der Waals surface area contributed by atoms with Gasteiger partial charge in [0.2, 0.25) is 0 Å². The van der Waals surface area contributed by atoms with E-state index >= 15 is 0 Å². The zero-order chi connectivity index (χ0) is 13.1. The molecule has 2 N–H and O–H groups in total. The largest absolute Gasteiger partial charge is 0.399 e. The van der Waals surface area contributed by atoms with E-state index < -0.39 is 0 Å². The molecule has 0 atom stereocenters. The highest BCUT2D eigenvalue weighted by Gasteiger charge is 2.21. The second kappa shape index (κ2) is 5.94. The van der Waals surface area contributed by atoms with Crippen molar-refractivity contribution < 1.29 is 0 Å². The van der Waals surface area contributed by atoms with Crippen LogP contribution >= 0.6 is 11.6 Å². The zero-order valence-corrected chi connectivity index (χ0v) is 12.1. The van der Waals surface area contributed by atoms with Crippen LogP contribution in [0.4, 0.5) is 5.69 Å². The number of nitrogens with zero attached hydrogens (tertiary/aromatic N) is 1. The number of benzene rings is 1. The molecule has 1 aromatic rings. The summed E-state index contributed by atoms with van der Waals surface area (Å²) in [6, 6.07) is 5.75. The van der Waals surface area contributed by atoms with Crippen molar-refractivity contribution in [3.8, 4) is 0 Å².